The third-order valence-electron chi connectivity index (χ3n) is 3.24. The predicted octanol–water partition coefficient (Wildman–Crippen LogP) is 3.30. The maximum atomic E-state index is 13.7. The fourth-order valence-corrected chi connectivity index (χ4v) is 2.18. The fraction of sp³-hybridized carbons (Fsp3) is 0.235. The number of benzene rings is 2. The molecule has 0 radical (unpaired) electrons. The second-order valence-electron chi connectivity index (χ2n) is 4.93. The van der Waals surface area contributed by atoms with Crippen LogP contribution in [-0.4, -0.2) is 22.5 Å². The van der Waals surface area contributed by atoms with Crippen molar-refractivity contribution in [1.82, 2.24) is 4.90 Å². The van der Waals surface area contributed by atoms with Crippen molar-refractivity contribution in [3.8, 4) is 0 Å². The van der Waals surface area contributed by atoms with Crippen LogP contribution in [0.3, 0.4) is 0 Å². The zero-order valence-corrected chi connectivity index (χ0v) is 11.7. The third-order valence-corrected chi connectivity index (χ3v) is 3.24. The van der Waals surface area contributed by atoms with Crippen LogP contribution in [0, 0.1) is 5.82 Å². The molecule has 0 bridgehead atoms. The molecule has 0 atom stereocenters. The summed E-state index contributed by atoms with van der Waals surface area (Å²) in [6, 6.07) is 16.4. The minimum Gasteiger partial charge on any atom is -0.481 e. The van der Waals surface area contributed by atoms with Gasteiger partial charge in [-0.3, -0.25) is 9.69 Å². The van der Waals surface area contributed by atoms with Crippen LogP contribution < -0.4 is 0 Å². The van der Waals surface area contributed by atoms with E-state index in [4.69, 9.17) is 5.11 Å². The molecule has 0 saturated heterocycles. The van der Waals surface area contributed by atoms with E-state index in [0.29, 0.717) is 25.2 Å². The first-order chi connectivity index (χ1) is 10.1. The fourth-order valence-electron chi connectivity index (χ4n) is 2.18. The van der Waals surface area contributed by atoms with E-state index in [0.717, 1.165) is 5.56 Å². The molecule has 0 aliphatic heterocycles. The summed E-state index contributed by atoms with van der Waals surface area (Å²) in [5, 5.41) is 8.85. The lowest BCUT2D eigenvalue weighted by atomic mass is 10.1. The van der Waals surface area contributed by atoms with Gasteiger partial charge in [0.25, 0.3) is 0 Å². The zero-order valence-electron chi connectivity index (χ0n) is 11.7. The Morgan fingerprint density at radius 2 is 1.67 bits per heavy atom. The van der Waals surface area contributed by atoms with Crippen molar-refractivity contribution in [3.63, 3.8) is 0 Å². The standard InChI is InChI=1S/C17H18FNO2/c18-16-9-5-4-8-15(16)13-19(11-10-17(20)21)12-14-6-2-1-3-7-14/h1-9H,10-13H2,(H,20,21). The zero-order chi connectivity index (χ0) is 15.1. The van der Waals surface area contributed by atoms with E-state index < -0.39 is 5.97 Å². The highest BCUT2D eigenvalue weighted by atomic mass is 19.1. The summed E-state index contributed by atoms with van der Waals surface area (Å²) in [6.45, 7) is 1.38. The van der Waals surface area contributed by atoms with Crippen molar-refractivity contribution in [2.75, 3.05) is 6.54 Å². The molecule has 0 fully saturated rings. The maximum absolute atomic E-state index is 13.7. The van der Waals surface area contributed by atoms with E-state index in [1.165, 1.54) is 6.07 Å². The van der Waals surface area contributed by atoms with E-state index in [2.05, 4.69) is 0 Å². The van der Waals surface area contributed by atoms with Gasteiger partial charge < -0.3 is 5.11 Å². The summed E-state index contributed by atoms with van der Waals surface area (Å²) in [5.41, 5.74) is 1.66. The van der Waals surface area contributed by atoms with E-state index in [9.17, 15) is 9.18 Å². The topological polar surface area (TPSA) is 40.5 Å². The van der Waals surface area contributed by atoms with Gasteiger partial charge in [0.2, 0.25) is 0 Å². The number of halogens is 1. The van der Waals surface area contributed by atoms with E-state index in [1.807, 2.05) is 35.2 Å². The summed E-state index contributed by atoms with van der Waals surface area (Å²) in [7, 11) is 0. The van der Waals surface area contributed by atoms with Crippen molar-refractivity contribution in [2.24, 2.45) is 0 Å². The van der Waals surface area contributed by atoms with Gasteiger partial charge in [-0.2, -0.15) is 0 Å². The highest BCUT2D eigenvalue weighted by Gasteiger charge is 2.11. The van der Waals surface area contributed by atoms with Crippen LogP contribution in [-0.2, 0) is 17.9 Å². The van der Waals surface area contributed by atoms with Crippen molar-refractivity contribution in [1.29, 1.82) is 0 Å². The summed E-state index contributed by atoms with van der Waals surface area (Å²) < 4.78 is 13.7. The molecule has 110 valence electrons. The first-order valence-electron chi connectivity index (χ1n) is 6.86. The minimum absolute atomic E-state index is 0.0429. The Balaban J connectivity index is 2.08. The van der Waals surface area contributed by atoms with Gasteiger partial charge in [0, 0.05) is 25.2 Å². The molecule has 0 aliphatic carbocycles. The first kappa shape index (κ1) is 15.2. The number of rotatable bonds is 7. The summed E-state index contributed by atoms with van der Waals surface area (Å²) in [6.07, 6.45) is 0.0429. The quantitative estimate of drug-likeness (QED) is 0.849. The number of hydrogen-bond donors (Lipinski definition) is 1. The van der Waals surface area contributed by atoms with Crippen molar-refractivity contribution >= 4 is 5.97 Å². The normalized spacial score (nSPS) is 10.8. The van der Waals surface area contributed by atoms with Gasteiger partial charge in [-0.25, -0.2) is 4.39 Å². The largest absolute Gasteiger partial charge is 0.481 e. The van der Waals surface area contributed by atoms with Crippen LogP contribution >= 0.6 is 0 Å². The molecule has 1 N–H and O–H groups in total. The van der Waals surface area contributed by atoms with Gasteiger partial charge >= 0.3 is 5.97 Å². The molecule has 0 saturated carbocycles. The average molecular weight is 287 g/mol. The number of hydrogen-bond acceptors (Lipinski definition) is 2. The Hall–Kier alpha value is -2.20. The van der Waals surface area contributed by atoms with Gasteiger partial charge in [-0.15, -0.1) is 0 Å². The number of nitrogens with zero attached hydrogens (tertiary/aromatic N) is 1. The highest BCUT2D eigenvalue weighted by molar-refractivity contribution is 5.66. The van der Waals surface area contributed by atoms with Crippen molar-refractivity contribution in [3.05, 3.63) is 71.5 Å². The van der Waals surface area contributed by atoms with E-state index >= 15 is 0 Å². The SMILES string of the molecule is O=C(O)CCN(Cc1ccccc1)Cc1ccccc1F. The number of carboxylic acid groups (broad SMARTS) is 1. The number of carbonyl (C=O) groups is 1. The smallest absolute Gasteiger partial charge is 0.304 e. The van der Waals surface area contributed by atoms with Crippen LogP contribution in [0.2, 0.25) is 0 Å². The Bertz CT molecular complexity index is 586. The predicted molar refractivity (Wildman–Crippen MR) is 79.2 cm³/mol. The lowest BCUT2D eigenvalue weighted by Crippen LogP contribution is -2.26. The molecular weight excluding hydrogens is 269 g/mol. The molecular formula is C17H18FNO2. The third kappa shape index (κ3) is 5.00. The van der Waals surface area contributed by atoms with Crippen LogP contribution in [0.4, 0.5) is 4.39 Å². The van der Waals surface area contributed by atoms with Crippen LogP contribution in [0.5, 0.6) is 0 Å². The summed E-state index contributed by atoms with van der Waals surface area (Å²) in [5.74, 6) is -1.10. The molecule has 3 nitrogen and oxygen atoms in total. The van der Waals surface area contributed by atoms with Crippen LogP contribution in [0.25, 0.3) is 0 Å². The van der Waals surface area contributed by atoms with Gasteiger partial charge in [-0.1, -0.05) is 48.5 Å². The van der Waals surface area contributed by atoms with Crippen molar-refractivity contribution < 1.29 is 14.3 Å². The van der Waals surface area contributed by atoms with Gasteiger partial charge in [-0.05, 0) is 11.6 Å². The highest BCUT2D eigenvalue weighted by Crippen LogP contribution is 2.13. The Kier molecular flexibility index (Phi) is 5.46. The second-order valence-corrected chi connectivity index (χ2v) is 4.93. The molecule has 2 aromatic rings. The van der Waals surface area contributed by atoms with E-state index in [-0.39, 0.29) is 12.2 Å². The van der Waals surface area contributed by atoms with Gasteiger partial charge in [0.1, 0.15) is 5.82 Å². The average Bonchev–Trinajstić information content (AvgIpc) is 2.48. The Labute approximate surface area is 123 Å². The molecule has 2 aromatic carbocycles. The molecule has 4 heteroatoms. The Morgan fingerprint density at radius 3 is 2.33 bits per heavy atom. The molecule has 0 spiro atoms. The molecule has 0 amide bonds. The summed E-state index contributed by atoms with van der Waals surface area (Å²) in [4.78, 5) is 12.7. The molecule has 0 aliphatic rings. The molecule has 21 heavy (non-hydrogen) atoms. The molecule has 2 rings (SSSR count). The molecule has 0 heterocycles. The molecule has 0 aromatic heterocycles. The van der Waals surface area contributed by atoms with Gasteiger partial charge in [0.05, 0.1) is 6.42 Å². The number of carboxylic acids is 1. The summed E-state index contributed by atoms with van der Waals surface area (Å²) >= 11 is 0. The van der Waals surface area contributed by atoms with Crippen LogP contribution in [0.1, 0.15) is 17.5 Å². The Morgan fingerprint density at radius 1 is 1.00 bits per heavy atom. The van der Waals surface area contributed by atoms with Crippen molar-refractivity contribution in [2.45, 2.75) is 19.5 Å². The maximum Gasteiger partial charge on any atom is 0.304 e. The lowest BCUT2D eigenvalue weighted by molar-refractivity contribution is -0.137. The second kappa shape index (κ2) is 7.55. The van der Waals surface area contributed by atoms with E-state index in [1.54, 1.807) is 18.2 Å². The lowest BCUT2D eigenvalue weighted by Gasteiger charge is -2.22. The first-order valence-corrected chi connectivity index (χ1v) is 6.86. The number of aliphatic carboxylic acids is 1. The van der Waals surface area contributed by atoms with Gasteiger partial charge in [0.15, 0.2) is 0 Å². The van der Waals surface area contributed by atoms with Crippen LogP contribution in [0.15, 0.2) is 54.6 Å². The minimum atomic E-state index is -0.846. The molecule has 0 unspecified atom stereocenters. The monoisotopic (exact) mass is 287 g/mol.